The van der Waals surface area contributed by atoms with E-state index in [1.54, 1.807) is 0 Å². The van der Waals surface area contributed by atoms with Gasteiger partial charge in [0.25, 0.3) is 0 Å². The number of carbonyl (C=O) groups excluding carboxylic acids is 1. The summed E-state index contributed by atoms with van der Waals surface area (Å²) < 4.78 is 23.5. The highest BCUT2D eigenvalue weighted by Crippen LogP contribution is 2.26. The number of Topliss-reactive ketones (excluding diaryl/α,β-unsaturated/α-hetero) is 1. The van der Waals surface area contributed by atoms with E-state index in [4.69, 9.17) is 11.6 Å². The molecule has 2 rings (SSSR count). The molecule has 0 aliphatic carbocycles. The van der Waals surface area contributed by atoms with Crippen LogP contribution in [-0.4, -0.2) is 20.0 Å². The van der Waals surface area contributed by atoms with Crippen molar-refractivity contribution in [2.45, 2.75) is 17.7 Å². The SMILES string of the molecule is O=C1CCCS(=O)(=O)c2ccc(Cl)cc21. The second-order valence-corrected chi connectivity index (χ2v) is 6.00. The second-order valence-electron chi connectivity index (χ2n) is 3.49. The predicted octanol–water partition coefficient (Wildman–Crippen LogP) is 2.09. The minimum absolute atomic E-state index is 0.0351. The van der Waals surface area contributed by atoms with Gasteiger partial charge in [0, 0.05) is 17.0 Å². The third-order valence-electron chi connectivity index (χ3n) is 2.39. The van der Waals surface area contributed by atoms with Gasteiger partial charge in [-0.25, -0.2) is 8.42 Å². The third kappa shape index (κ3) is 1.92. The van der Waals surface area contributed by atoms with Crippen molar-refractivity contribution in [3.63, 3.8) is 0 Å². The van der Waals surface area contributed by atoms with E-state index in [9.17, 15) is 13.2 Å². The zero-order valence-electron chi connectivity index (χ0n) is 7.86. The van der Waals surface area contributed by atoms with Crippen LogP contribution in [0.4, 0.5) is 0 Å². The summed E-state index contributed by atoms with van der Waals surface area (Å²) in [6.07, 6.45) is 0.653. The molecule has 5 heteroatoms. The van der Waals surface area contributed by atoms with Gasteiger partial charge in [0.15, 0.2) is 15.6 Å². The van der Waals surface area contributed by atoms with Gasteiger partial charge in [-0.2, -0.15) is 0 Å². The van der Waals surface area contributed by atoms with Gasteiger partial charge in [-0.3, -0.25) is 4.79 Å². The highest BCUT2D eigenvalue weighted by atomic mass is 35.5. The van der Waals surface area contributed by atoms with Crippen molar-refractivity contribution >= 4 is 27.2 Å². The normalized spacial score (nSPS) is 19.4. The summed E-state index contributed by atoms with van der Waals surface area (Å²) >= 11 is 5.74. The number of hydrogen-bond acceptors (Lipinski definition) is 3. The maximum atomic E-state index is 11.8. The Bertz CT molecular complexity index is 519. The molecule has 0 unspecified atom stereocenters. The number of hydrogen-bond donors (Lipinski definition) is 0. The molecular weight excluding hydrogens is 236 g/mol. The lowest BCUT2D eigenvalue weighted by atomic mass is 10.1. The number of rotatable bonds is 0. The molecule has 0 fully saturated rings. The Morgan fingerprint density at radius 2 is 2.00 bits per heavy atom. The first-order valence-electron chi connectivity index (χ1n) is 4.56. The number of benzene rings is 1. The summed E-state index contributed by atoms with van der Waals surface area (Å²) in [6.45, 7) is 0. The molecule has 0 amide bonds. The average molecular weight is 245 g/mol. The number of carbonyl (C=O) groups is 1. The van der Waals surface area contributed by atoms with Gasteiger partial charge in [-0.1, -0.05) is 11.6 Å². The number of sulfone groups is 1. The predicted molar refractivity (Wildman–Crippen MR) is 57.1 cm³/mol. The molecule has 0 radical (unpaired) electrons. The molecule has 1 aliphatic rings. The monoisotopic (exact) mass is 244 g/mol. The van der Waals surface area contributed by atoms with Crippen molar-refractivity contribution in [3.05, 3.63) is 28.8 Å². The molecule has 3 nitrogen and oxygen atoms in total. The molecule has 1 heterocycles. The van der Waals surface area contributed by atoms with E-state index in [0.29, 0.717) is 11.4 Å². The lowest BCUT2D eigenvalue weighted by molar-refractivity contribution is 0.0980. The van der Waals surface area contributed by atoms with Crippen LogP contribution < -0.4 is 0 Å². The summed E-state index contributed by atoms with van der Waals surface area (Å²) in [5, 5.41) is 0.388. The van der Waals surface area contributed by atoms with E-state index in [0.717, 1.165) is 0 Å². The van der Waals surface area contributed by atoms with Gasteiger partial charge in [-0.05, 0) is 24.6 Å². The molecule has 0 atom stereocenters. The fourth-order valence-electron chi connectivity index (χ4n) is 1.66. The molecule has 1 aliphatic heterocycles. The van der Waals surface area contributed by atoms with Crippen molar-refractivity contribution in [2.24, 2.45) is 0 Å². The summed E-state index contributed by atoms with van der Waals surface area (Å²) in [6, 6.07) is 4.34. The molecule has 0 N–H and O–H groups in total. The van der Waals surface area contributed by atoms with Crippen molar-refractivity contribution in [1.29, 1.82) is 0 Å². The Hall–Kier alpha value is -0.870. The number of halogens is 1. The first-order valence-corrected chi connectivity index (χ1v) is 6.59. The van der Waals surface area contributed by atoms with Crippen molar-refractivity contribution < 1.29 is 13.2 Å². The zero-order valence-corrected chi connectivity index (χ0v) is 9.44. The van der Waals surface area contributed by atoms with Gasteiger partial charge in [0.1, 0.15) is 0 Å². The van der Waals surface area contributed by atoms with Crippen LogP contribution in [0, 0.1) is 0 Å². The molecule has 0 bridgehead atoms. The lowest BCUT2D eigenvalue weighted by Gasteiger charge is -2.04. The fraction of sp³-hybridized carbons (Fsp3) is 0.300. The molecule has 0 aromatic heterocycles. The number of ketones is 1. The van der Waals surface area contributed by atoms with Crippen molar-refractivity contribution in [3.8, 4) is 0 Å². The van der Waals surface area contributed by atoms with Crippen LogP contribution in [0.1, 0.15) is 23.2 Å². The van der Waals surface area contributed by atoms with Gasteiger partial charge >= 0.3 is 0 Å². The molecular formula is C10H9ClO3S. The van der Waals surface area contributed by atoms with E-state index < -0.39 is 9.84 Å². The van der Waals surface area contributed by atoms with Gasteiger partial charge < -0.3 is 0 Å². The molecule has 1 aromatic carbocycles. The van der Waals surface area contributed by atoms with Crippen LogP contribution in [0.3, 0.4) is 0 Å². The van der Waals surface area contributed by atoms with E-state index in [1.807, 2.05) is 0 Å². The maximum Gasteiger partial charge on any atom is 0.179 e. The number of fused-ring (bicyclic) bond motifs is 1. The zero-order chi connectivity index (χ0) is 11.1. The standard InChI is InChI=1S/C10H9ClO3S/c11-7-3-4-10-8(6-7)9(12)2-1-5-15(10,13)14/h3-4,6H,1-2,5H2. The van der Waals surface area contributed by atoms with E-state index in [-0.39, 0.29) is 28.4 Å². The first-order chi connectivity index (χ1) is 7.00. The third-order valence-corrected chi connectivity index (χ3v) is 4.48. The summed E-state index contributed by atoms with van der Waals surface area (Å²) in [5.41, 5.74) is 0.236. The van der Waals surface area contributed by atoms with Crippen LogP contribution in [0.25, 0.3) is 0 Å². The van der Waals surface area contributed by atoms with Crippen LogP contribution in [-0.2, 0) is 9.84 Å². The van der Waals surface area contributed by atoms with E-state index >= 15 is 0 Å². The largest absolute Gasteiger partial charge is 0.294 e. The van der Waals surface area contributed by atoms with E-state index in [1.165, 1.54) is 18.2 Å². The Labute approximate surface area is 93.0 Å². The minimum atomic E-state index is -3.31. The van der Waals surface area contributed by atoms with Crippen LogP contribution >= 0.6 is 11.6 Å². The lowest BCUT2D eigenvalue weighted by Crippen LogP contribution is -2.06. The fourth-order valence-corrected chi connectivity index (χ4v) is 3.36. The quantitative estimate of drug-likeness (QED) is 0.702. The molecule has 15 heavy (non-hydrogen) atoms. The highest BCUT2D eigenvalue weighted by Gasteiger charge is 2.26. The topological polar surface area (TPSA) is 51.2 Å². The van der Waals surface area contributed by atoms with Gasteiger partial charge in [0.05, 0.1) is 10.6 Å². The summed E-state index contributed by atoms with van der Waals surface area (Å²) in [4.78, 5) is 11.7. The highest BCUT2D eigenvalue weighted by molar-refractivity contribution is 7.91. The van der Waals surface area contributed by atoms with Crippen molar-refractivity contribution in [1.82, 2.24) is 0 Å². The van der Waals surface area contributed by atoms with Crippen LogP contribution in [0.15, 0.2) is 23.1 Å². The van der Waals surface area contributed by atoms with Crippen LogP contribution in [0.2, 0.25) is 5.02 Å². The maximum absolute atomic E-state index is 11.8. The minimum Gasteiger partial charge on any atom is -0.294 e. The van der Waals surface area contributed by atoms with Gasteiger partial charge in [0.2, 0.25) is 0 Å². The van der Waals surface area contributed by atoms with Crippen molar-refractivity contribution in [2.75, 3.05) is 5.75 Å². The molecule has 0 saturated heterocycles. The molecule has 80 valence electrons. The summed E-state index contributed by atoms with van der Waals surface area (Å²) in [7, 11) is -3.31. The van der Waals surface area contributed by atoms with Crippen LogP contribution in [0.5, 0.6) is 0 Å². The summed E-state index contributed by atoms with van der Waals surface area (Å²) in [5.74, 6) is -0.110. The Kier molecular flexibility index (Phi) is 2.56. The Balaban J connectivity index is 2.73. The van der Waals surface area contributed by atoms with E-state index in [2.05, 4.69) is 0 Å². The Morgan fingerprint density at radius 3 is 2.73 bits per heavy atom. The molecule has 0 saturated carbocycles. The molecule has 0 spiro atoms. The smallest absolute Gasteiger partial charge is 0.179 e. The second kappa shape index (κ2) is 3.61. The van der Waals surface area contributed by atoms with Gasteiger partial charge in [-0.15, -0.1) is 0 Å². The molecule has 1 aromatic rings. The Morgan fingerprint density at radius 1 is 1.27 bits per heavy atom. The first kappa shape index (κ1) is 10.6. The average Bonchev–Trinajstić information content (AvgIpc) is 2.25.